The number of thioether (sulfide) groups is 1. The fraction of sp³-hybridized carbons (Fsp3) is 0.150. The number of hydrogen-bond acceptors (Lipinski definition) is 7. The lowest BCUT2D eigenvalue weighted by Crippen LogP contribution is -2.30. The smallest absolute Gasteiger partial charge is 0.277 e. The van der Waals surface area contributed by atoms with Gasteiger partial charge in [0.15, 0.2) is 0 Å². The van der Waals surface area contributed by atoms with Crippen LogP contribution in [0.4, 0.5) is 0 Å². The van der Waals surface area contributed by atoms with Crippen LogP contribution in [0.1, 0.15) is 22.2 Å². The molecule has 0 radical (unpaired) electrons. The zero-order valence-corrected chi connectivity index (χ0v) is 16.6. The lowest BCUT2D eigenvalue weighted by molar-refractivity contribution is -0.119. The lowest BCUT2D eigenvalue weighted by atomic mass is 10.1. The van der Waals surface area contributed by atoms with Gasteiger partial charge in [0.25, 0.3) is 11.1 Å². The molecule has 3 heterocycles. The minimum Gasteiger partial charge on any atom is -0.469 e. The predicted molar refractivity (Wildman–Crippen MR) is 108 cm³/mol. The Bertz CT molecular complexity index is 1040. The van der Waals surface area contributed by atoms with Crippen molar-refractivity contribution in [3.8, 4) is 11.5 Å². The second-order valence-electron chi connectivity index (χ2n) is 5.98. The first-order valence-electron chi connectivity index (χ1n) is 8.59. The van der Waals surface area contributed by atoms with Gasteiger partial charge in [0.1, 0.15) is 5.76 Å². The molecule has 142 valence electrons. The Hall–Kier alpha value is -2.84. The van der Waals surface area contributed by atoms with Crippen molar-refractivity contribution in [3.05, 3.63) is 76.4 Å². The Balaban J connectivity index is 1.41. The van der Waals surface area contributed by atoms with Gasteiger partial charge >= 0.3 is 0 Å². The van der Waals surface area contributed by atoms with Gasteiger partial charge in [-0.3, -0.25) is 4.79 Å². The molecule has 6 nitrogen and oxygen atoms in total. The van der Waals surface area contributed by atoms with Gasteiger partial charge in [0, 0.05) is 4.88 Å². The van der Waals surface area contributed by atoms with E-state index >= 15 is 0 Å². The molecule has 0 saturated carbocycles. The summed E-state index contributed by atoms with van der Waals surface area (Å²) in [6.45, 7) is 1.83. The molecule has 0 saturated heterocycles. The molecule has 1 aromatic carbocycles. The van der Waals surface area contributed by atoms with Crippen molar-refractivity contribution >= 4 is 29.0 Å². The van der Waals surface area contributed by atoms with E-state index in [1.807, 2.05) is 54.8 Å². The third-order valence-electron chi connectivity index (χ3n) is 4.09. The number of benzene rings is 1. The van der Waals surface area contributed by atoms with Gasteiger partial charge in [-0.25, -0.2) is 0 Å². The molecular formula is C20H17N3O3S2. The average Bonchev–Trinajstić information content (AvgIpc) is 3.47. The summed E-state index contributed by atoms with van der Waals surface area (Å²) in [5, 5.41) is 13.5. The van der Waals surface area contributed by atoms with Crippen molar-refractivity contribution in [2.24, 2.45) is 0 Å². The summed E-state index contributed by atoms with van der Waals surface area (Å²) >= 11 is 2.82. The van der Waals surface area contributed by atoms with Crippen LogP contribution in [-0.2, 0) is 4.79 Å². The molecule has 3 aromatic heterocycles. The summed E-state index contributed by atoms with van der Waals surface area (Å²) in [5.41, 5.74) is 1.80. The molecule has 0 unspecified atom stereocenters. The van der Waals surface area contributed by atoms with Gasteiger partial charge < -0.3 is 14.2 Å². The number of aromatic nitrogens is 2. The highest BCUT2D eigenvalue weighted by molar-refractivity contribution is 7.99. The number of hydrogen-bond donors (Lipinski definition) is 1. The van der Waals surface area contributed by atoms with Crippen LogP contribution in [0.5, 0.6) is 0 Å². The third-order valence-corrected chi connectivity index (χ3v) is 5.84. The van der Waals surface area contributed by atoms with Crippen LogP contribution in [0.2, 0.25) is 0 Å². The maximum absolute atomic E-state index is 12.6. The van der Waals surface area contributed by atoms with Crippen LogP contribution in [0.15, 0.2) is 74.2 Å². The Kier molecular flexibility index (Phi) is 5.59. The molecule has 0 aliphatic heterocycles. The molecule has 4 rings (SSSR count). The molecule has 4 aromatic rings. The Labute approximate surface area is 170 Å². The lowest BCUT2D eigenvalue weighted by Gasteiger charge is -2.17. The molecule has 0 aliphatic carbocycles. The summed E-state index contributed by atoms with van der Waals surface area (Å²) in [7, 11) is 0. The summed E-state index contributed by atoms with van der Waals surface area (Å²) in [5.74, 6) is 1.17. The highest BCUT2D eigenvalue weighted by atomic mass is 32.2. The first-order chi connectivity index (χ1) is 13.7. The van der Waals surface area contributed by atoms with Gasteiger partial charge in [0.2, 0.25) is 5.91 Å². The van der Waals surface area contributed by atoms with E-state index in [2.05, 4.69) is 15.5 Å². The Morgan fingerprint density at radius 1 is 1.18 bits per heavy atom. The summed E-state index contributed by atoms with van der Waals surface area (Å²) in [6, 6.07) is 15.5. The number of rotatable bonds is 7. The molecule has 1 amide bonds. The van der Waals surface area contributed by atoms with Crippen LogP contribution in [-0.4, -0.2) is 21.9 Å². The van der Waals surface area contributed by atoms with Gasteiger partial charge in [0.05, 0.1) is 23.6 Å². The molecule has 1 atom stereocenters. The van der Waals surface area contributed by atoms with Gasteiger partial charge in [-0.15, -0.1) is 21.5 Å². The number of carbonyl (C=O) groups is 1. The van der Waals surface area contributed by atoms with Gasteiger partial charge in [-0.2, -0.15) is 0 Å². The van der Waals surface area contributed by atoms with Crippen LogP contribution < -0.4 is 5.32 Å². The molecule has 0 fully saturated rings. The van der Waals surface area contributed by atoms with E-state index in [1.165, 1.54) is 11.8 Å². The number of furan rings is 1. The standard InChI is InChI=1S/C20H17N3O3S2/c1-13-15(9-10-25-13)19-22-23-20(26-19)28-12-17(24)21-18(16-8-5-11-27-16)14-6-3-2-4-7-14/h2-11,18H,12H2,1H3,(H,21,24)/t18-/m0/s1. The van der Waals surface area contributed by atoms with E-state index in [0.717, 1.165) is 16.0 Å². The van der Waals surface area contributed by atoms with Crippen molar-refractivity contribution < 1.29 is 13.6 Å². The number of amides is 1. The fourth-order valence-corrected chi connectivity index (χ4v) is 4.11. The first kappa shape index (κ1) is 18.5. The summed E-state index contributed by atoms with van der Waals surface area (Å²) in [6.07, 6.45) is 1.57. The fourth-order valence-electron chi connectivity index (χ4n) is 2.73. The van der Waals surface area contributed by atoms with Crippen molar-refractivity contribution in [1.29, 1.82) is 0 Å². The van der Waals surface area contributed by atoms with Crippen LogP contribution >= 0.6 is 23.1 Å². The quantitative estimate of drug-likeness (QED) is 0.444. The molecule has 0 bridgehead atoms. The molecule has 0 aliphatic rings. The number of thiophene rings is 1. The summed E-state index contributed by atoms with van der Waals surface area (Å²) in [4.78, 5) is 13.6. The van der Waals surface area contributed by atoms with Crippen molar-refractivity contribution in [2.45, 2.75) is 18.2 Å². The van der Waals surface area contributed by atoms with Crippen molar-refractivity contribution in [2.75, 3.05) is 5.75 Å². The topological polar surface area (TPSA) is 81.2 Å². The highest BCUT2D eigenvalue weighted by Gasteiger charge is 2.19. The van der Waals surface area contributed by atoms with Crippen LogP contribution in [0, 0.1) is 6.92 Å². The first-order valence-corrected chi connectivity index (χ1v) is 10.5. The minimum absolute atomic E-state index is 0.105. The third kappa shape index (κ3) is 4.18. The molecule has 28 heavy (non-hydrogen) atoms. The molecular weight excluding hydrogens is 394 g/mol. The largest absolute Gasteiger partial charge is 0.469 e. The molecule has 1 N–H and O–H groups in total. The van der Waals surface area contributed by atoms with E-state index in [0.29, 0.717) is 16.9 Å². The zero-order chi connectivity index (χ0) is 19.3. The number of carbonyl (C=O) groups excluding carboxylic acids is 1. The van der Waals surface area contributed by atoms with Gasteiger partial charge in [-0.1, -0.05) is 48.2 Å². The number of aryl methyl sites for hydroxylation is 1. The average molecular weight is 412 g/mol. The van der Waals surface area contributed by atoms with Crippen LogP contribution in [0.25, 0.3) is 11.5 Å². The maximum atomic E-state index is 12.6. The van der Waals surface area contributed by atoms with E-state index in [4.69, 9.17) is 8.83 Å². The SMILES string of the molecule is Cc1occc1-c1nnc(SCC(=O)N[C@@H](c2ccccc2)c2cccs2)o1. The monoisotopic (exact) mass is 411 g/mol. The Morgan fingerprint density at radius 3 is 2.75 bits per heavy atom. The van der Waals surface area contributed by atoms with E-state index < -0.39 is 0 Å². The molecule has 0 spiro atoms. The van der Waals surface area contributed by atoms with E-state index in [1.54, 1.807) is 23.7 Å². The van der Waals surface area contributed by atoms with E-state index in [9.17, 15) is 4.79 Å². The van der Waals surface area contributed by atoms with Gasteiger partial charge in [-0.05, 0) is 30.0 Å². The van der Waals surface area contributed by atoms with Crippen molar-refractivity contribution in [3.63, 3.8) is 0 Å². The van der Waals surface area contributed by atoms with Crippen molar-refractivity contribution in [1.82, 2.24) is 15.5 Å². The molecule has 8 heteroatoms. The zero-order valence-electron chi connectivity index (χ0n) is 15.0. The number of nitrogens with zero attached hydrogens (tertiary/aromatic N) is 2. The van der Waals surface area contributed by atoms with Crippen LogP contribution in [0.3, 0.4) is 0 Å². The van der Waals surface area contributed by atoms with E-state index in [-0.39, 0.29) is 17.7 Å². The Morgan fingerprint density at radius 2 is 2.04 bits per heavy atom. The predicted octanol–water partition coefficient (Wildman–Crippen LogP) is 4.70. The second kappa shape index (κ2) is 8.45. The summed E-state index contributed by atoms with van der Waals surface area (Å²) < 4.78 is 10.9. The minimum atomic E-state index is -0.180. The number of nitrogens with one attached hydrogen (secondary N) is 1. The second-order valence-corrected chi connectivity index (χ2v) is 7.88. The maximum Gasteiger partial charge on any atom is 0.277 e. The highest BCUT2D eigenvalue weighted by Crippen LogP contribution is 2.28. The normalized spacial score (nSPS) is 12.0.